The van der Waals surface area contributed by atoms with Crippen molar-refractivity contribution in [2.45, 2.75) is 139 Å². The van der Waals surface area contributed by atoms with Gasteiger partial charge >= 0.3 is 32.1 Å². The third-order valence-corrected chi connectivity index (χ3v) is 12.8. The predicted octanol–water partition coefficient (Wildman–Crippen LogP) is 5.58. The van der Waals surface area contributed by atoms with Crippen LogP contribution in [0.15, 0.2) is 60.7 Å². The summed E-state index contributed by atoms with van der Waals surface area (Å²) in [6.45, 7) is 3.39. The molecule has 14 nitrogen and oxygen atoms in total. The van der Waals surface area contributed by atoms with Crippen LogP contribution in [0.3, 0.4) is 0 Å². The summed E-state index contributed by atoms with van der Waals surface area (Å²) in [6, 6.07) is 18.7. The van der Waals surface area contributed by atoms with Crippen molar-refractivity contribution in [1.29, 1.82) is 0 Å². The molecule has 4 aliphatic rings. The number of carboxylic acids is 2. The van der Waals surface area contributed by atoms with Gasteiger partial charge < -0.3 is 28.8 Å². The molecular formula is C42H58B2N2O12P2. The molecule has 0 radical (unpaired) electrons. The zero-order valence-electron chi connectivity index (χ0n) is 34.4. The van der Waals surface area contributed by atoms with Crippen molar-refractivity contribution < 1.29 is 57.6 Å². The van der Waals surface area contributed by atoms with Crippen LogP contribution < -0.4 is 10.2 Å². The van der Waals surface area contributed by atoms with Gasteiger partial charge in [-0.15, -0.1) is 0 Å². The zero-order valence-corrected chi connectivity index (χ0v) is 36.7. The van der Waals surface area contributed by atoms with E-state index < -0.39 is 61.8 Å². The summed E-state index contributed by atoms with van der Waals surface area (Å²) in [5.74, 6) is -3.19. The molecule has 60 heavy (non-hydrogen) atoms. The number of carbonyl (C=O) groups is 6. The van der Waals surface area contributed by atoms with Gasteiger partial charge in [0.25, 0.3) is 5.97 Å². The molecule has 2 aliphatic heterocycles. The molecular weight excluding hydrogens is 808 g/mol. The van der Waals surface area contributed by atoms with E-state index in [2.05, 4.69) is 29.0 Å². The predicted molar refractivity (Wildman–Crippen MR) is 231 cm³/mol. The van der Waals surface area contributed by atoms with Crippen LogP contribution in [0.25, 0.3) is 0 Å². The fourth-order valence-electron chi connectivity index (χ4n) is 7.96. The number of aliphatic carboxylic acids is 2. The van der Waals surface area contributed by atoms with Crippen molar-refractivity contribution in [3.8, 4) is 0 Å². The Hall–Kier alpha value is -3.51. The number of hydrogen-bond donors (Lipinski definition) is 4. The quantitative estimate of drug-likeness (QED) is 0.0796. The molecule has 6 rings (SSSR count). The number of rotatable bonds is 23. The van der Waals surface area contributed by atoms with Gasteiger partial charge in [-0.05, 0) is 61.5 Å². The number of carboxylic acid groups (broad SMARTS) is 2. The summed E-state index contributed by atoms with van der Waals surface area (Å²) in [6.07, 6.45) is 6.80. The Labute approximate surface area is 357 Å². The van der Waals surface area contributed by atoms with E-state index >= 15 is 0 Å². The first-order valence-electron chi connectivity index (χ1n) is 21.0. The molecule has 4 unspecified atom stereocenters. The maximum atomic E-state index is 13.1. The lowest BCUT2D eigenvalue weighted by molar-refractivity contribution is -0.171. The molecule has 324 valence electrons. The Bertz CT molecular complexity index is 1800. The molecule has 0 aromatic heterocycles. The van der Waals surface area contributed by atoms with Gasteiger partial charge in [0.2, 0.25) is 0 Å². The van der Waals surface area contributed by atoms with Crippen molar-refractivity contribution in [3.05, 3.63) is 71.8 Å². The Morgan fingerprint density at radius 3 is 1.58 bits per heavy atom. The van der Waals surface area contributed by atoms with E-state index in [1.807, 2.05) is 60.7 Å². The van der Waals surface area contributed by atoms with E-state index in [0.717, 1.165) is 43.2 Å². The van der Waals surface area contributed by atoms with E-state index in [1.165, 1.54) is 0 Å². The standard InChI is InChI=1S/2C21H29BNO6P/c1-2-21(20(26)27)13-19(25)28-22(29-21)16(10-15-8-9-15)12-18(24)17(23-30)11-14-6-4-3-5-7-14;1-2-21(13-19(25)26)20(27)28-22(29-21)16(10-15-8-9-15)12-18(24)17(23-30)11-14-6-4-3-5-7-14/h3-7,15-17,23H,2,8-13,30H2,1H3,(H,26,27);3-7,15-17,23H,2,8-13,30H2,1H3,(H,25,26)/t2*16-,17+,21?/m11/s1. The maximum absolute atomic E-state index is 13.1. The molecule has 18 heteroatoms. The van der Waals surface area contributed by atoms with Crippen LogP contribution in [-0.2, 0) is 60.2 Å². The van der Waals surface area contributed by atoms with Crippen LogP contribution in [-0.4, -0.2) is 83.2 Å². The number of nitrogens with one attached hydrogen (secondary N) is 2. The molecule has 2 aliphatic carbocycles. The van der Waals surface area contributed by atoms with Crippen molar-refractivity contribution >= 4 is 68.5 Å². The summed E-state index contributed by atoms with van der Waals surface area (Å²) >= 11 is 0. The van der Waals surface area contributed by atoms with Gasteiger partial charge in [0.05, 0.1) is 24.9 Å². The van der Waals surface area contributed by atoms with Crippen LogP contribution >= 0.6 is 18.8 Å². The van der Waals surface area contributed by atoms with Crippen molar-refractivity contribution in [2.75, 3.05) is 0 Å². The van der Waals surface area contributed by atoms with Crippen molar-refractivity contribution in [2.24, 2.45) is 11.8 Å². The average Bonchev–Trinajstić information content (AvgIpc) is 4.19. The van der Waals surface area contributed by atoms with Crippen LogP contribution in [0.4, 0.5) is 0 Å². The van der Waals surface area contributed by atoms with E-state index in [4.69, 9.17) is 18.6 Å². The van der Waals surface area contributed by atoms with Gasteiger partial charge in [0.1, 0.15) is 11.6 Å². The normalized spacial score (nSPS) is 23.3. The molecule has 0 spiro atoms. The Morgan fingerprint density at radius 2 is 1.20 bits per heavy atom. The Morgan fingerprint density at radius 1 is 0.733 bits per heavy atom. The second kappa shape index (κ2) is 22.0. The highest BCUT2D eigenvalue weighted by molar-refractivity contribution is 7.14. The van der Waals surface area contributed by atoms with Gasteiger partial charge in [-0.1, -0.05) is 119 Å². The smallest absolute Gasteiger partial charge is 0.509 e. The van der Waals surface area contributed by atoms with E-state index in [1.54, 1.807) is 13.8 Å². The SMILES string of the molecule is CCC1(C(=O)O)CC(=O)OB([C@@H](CC(=O)[C@H](Cc2ccccc2)NP)CC2CC2)O1.CCC1(CC(=O)O)OB([C@@H](CC(=O)[C@H](Cc2ccccc2)NP)CC2CC2)OC1=O. The summed E-state index contributed by atoms with van der Waals surface area (Å²) in [4.78, 5) is 73.9. The van der Waals surface area contributed by atoms with Gasteiger partial charge in [-0.3, -0.25) is 34.1 Å². The van der Waals surface area contributed by atoms with Gasteiger partial charge in [0.15, 0.2) is 11.2 Å². The first-order valence-corrected chi connectivity index (χ1v) is 22.2. The Kier molecular flexibility index (Phi) is 17.5. The van der Waals surface area contributed by atoms with Gasteiger partial charge in [-0.2, -0.15) is 0 Å². The van der Waals surface area contributed by atoms with Crippen molar-refractivity contribution in [3.63, 3.8) is 0 Å². The van der Waals surface area contributed by atoms with Crippen LogP contribution in [0.2, 0.25) is 11.6 Å². The number of Topliss-reactive ketones (excluding diaryl/α,β-unsaturated/α-hetero) is 2. The van der Waals surface area contributed by atoms with E-state index in [0.29, 0.717) is 31.1 Å². The molecule has 2 heterocycles. The first kappa shape index (κ1) is 47.5. The second-order valence-electron chi connectivity index (χ2n) is 16.7. The molecule has 2 saturated carbocycles. The highest BCUT2D eigenvalue weighted by Crippen LogP contribution is 2.44. The van der Waals surface area contributed by atoms with Crippen LogP contribution in [0, 0.1) is 11.8 Å². The van der Waals surface area contributed by atoms with E-state index in [-0.39, 0.29) is 61.3 Å². The molecule has 2 saturated heterocycles. The fraction of sp³-hybridized carbons (Fsp3) is 0.571. The molecule has 4 fully saturated rings. The second-order valence-corrected chi connectivity index (χ2v) is 17.3. The molecule has 4 N–H and O–H groups in total. The first-order chi connectivity index (χ1) is 28.7. The minimum atomic E-state index is -1.59. The number of hydrogen-bond acceptors (Lipinski definition) is 12. The zero-order chi connectivity index (χ0) is 43.5. The van der Waals surface area contributed by atoms with Crippen molar-refractivity contribution in [1.82, 2.24) is 10.2 Å². The maximum Gasteiger partial charge on any atom is 0.531 e. The lowest BCUT2D eigenvalue weighted by atomic mass is 9.64. The minimum absolute atomic E-state index is 0.0119. The molecule has 0 amide bonds. The molecule has 0 bridgehead atoms. The largest absolute Gasteiger partial charge is 0.531 e. The highest BCUT2D eigenvalue weighted by Gasteiger charge is 2.56. The highest BCUT2D eigenvalue weighted by atomic mass is 31.0. The minimum Gasteiger partial charge on any atom is -0.509 e. The summed E-state index contributed by atoms with van der Waals surface area (Å²) in [5.41, 5.74) is -0.961. The monoisotopic (exact) mass is 866 g/mol. The molecule has 2 aromatic rings. The topological polar surface area (TPSA) is 204 Å². The molecule has 8 atom stereocenters. The summed E-state index contributed by atoms with van der Waals surface area (Å²) in [7, 11) is 2.91. The number of ketones is 2. The van der Waals surface area contributed by atoms with Gasteiger partial charge in [0, 0.05) is 24.5 Å². The fourth-order valence-corrected chi connectivity index (χ4v) is 8.57. The Balaban J connectivity index is 0.000000228. The number of benzene rings is 2. The molecule has 2 aromatic carbocycles. The lowest BCUT2D eigenvalue weighted by Crippen LogP contribution is -2.54. The summed E-state index contributed by atoms with van der Waals surface area (Å²) in [5, 5.41) is 24.9. The lowest BCUT2D eigenvalue weighted by Gasteiger charge is -2.37. The summed E-state index contributed by atoms with van der Waals surface area (Å²) < 4.78 is 22.7. The van der Waals surface area contributed by atoms with Crippen LogP contribution in [0.5, 0.6) is 0 Å². The van der Waals surface area contributed by atoms with E-state index in [9.17, 15) is 39.0 Å². The average molecular weight is 866 g/mol. The third-order valence-electron chi connectivity index (χ3n) is 12.0. The third kappa shape index (κ3) is 13.2. The number of carbonyl (C=O) groups excluding carboxylic acids is 4. The van der Waals surface area contributed by atoms with Gasteiger partial charge in [-0.25, -0.2) is 4.79 Å². The van der Waals surface area contributed by atoms with Crippen LogP contribution in [0.1, 0.15) is 102 Å².